The van der Waals surface area contributed by atoms with Gasteiger partial charge in [0.1, 0.15) is 5.82 Å². The molecular weight excluding hydrogens is 459 g/mol. The van der Waals surface area contributed by atoms with Gasteiger partial charge in [-0.3, -0.25) is 9.59 Å². The summed E-state index contributed by atoms with van der Waals surface area (Å²) >= 11 is 12.2. The minimum atomic E-state index is -0.352. The Labute approximate surface area is 202 Å². The predicted molar refractivity (Wildman–Crippen MR) is 134 cm³/mol. The highest BCUT2D eigenvalue weighted by Crippen LogP contribution is 2.27. The molecule has 3 aromatic rings. The molecule has 1 fully saturated rings. The number of piperidine rings is 1. The Hall–Kier alpha value is -3.09. The molecule has 2 aromatic carbocycles. The van der Waals surface area contributed by atoms with Gasteiger partial charge in [-0.05, 0) is 67.3 Å². The highest BCUT2D eigenvalue weighted by molar-refractivity contribution is 6.34. The van der Waals surface area contributed by atoms with Crippen LogP contribution in [0.4, 0.5) is 17.2 Å². The van der Waals surface area contributed by atoms with Gasteiger partial charge in [-0.15, -0.1) is 0 Å². The Morgan fingerprint density at radius 1 is 0.939 bits per heavy atom. The normalized spacial score (nSPS) is 14.1. The minimum absolute atomic E-state index is 0.296. The number of carbonyl (C=O) groups excluding carboxylic acids is 2. The average molecular weight is 483 g/mol. The molecule has 170 valence electrons. The van der Waals surface area contributed by atoms with E-state index in [2.05, 4.69) is 27.4 Å². The number of hydrogen-bond acceptors (Lipinski definition) is 4. The standard InChI is InChI=1S/C25H24Cl2N4O2/c1-16-9-11-31(12-10-16)23-8-5-18(15-28-23)25(33)29-20-6-7-21(27)22(14-20)30-24(32)17-3-2-4-19(26)13-17/h2-8,13-16H,9-12H2,1H3,(H,29,33)(H,30,32). The van der Waals surface area contributed by atoms with Gasteiger partial charge in [0, 0.05) is 35.6 Å². The van der Waals surface area contributed by atoms with Crippen molar-refractivity contribution in [2.45, 2.75) is 19.8 Å². The van der Waals surface area contributed by atoms with Gasteiger partial charge in [-0.1, -0.05) is 36.2 Å². The van der Waals surface area contributed by atoms with E-state index in [4.69, 9.17) is 23.2 Å². The van der Waals surface area contributed by atoms with Crippen LogP contribution in [0.3, 0.4) is 0 Å². The largest absolute Gasteiger partial charge is 0.357 e. The van der Waals surface area contributed by atoms with Crippen LogP contribution in [0.2, 0.25) is 10.0 Å². The summed E-state index contributed by atoms with van der Waals surface area (Å²) in [5.41, 5.74) is 1.73. The Bertz CT molecular complexity index is 1160. The number of hydrogen-bond donors (Lipinski definition) is 2. The second-order valence-corrected chi connectivity index (χ2v) is 9.03. The van der Waals surface area contributed by atoms with Crippen molar-refractivity contribution in [2.24, 2.45) is 5.92 Å². The molecular formula is C25H24Cl2N4O2. The molecule has 0 aliphatic carbocycles. The van der Waals surface area contributed by atoms with Crippen LogP contribution < -0.4 is 15.5 Å². The number of halogens is 2. The number of nitrogens with one attached hydrogen (secondary N) is 2. The number of amides is 2. The number of anilines is 3. The molecule has 0 bridgehead atoms. The molecule has 1 aliphatic rings. The van der Waals surface area contributed by atoms with Crippen LogP contribution in [-0.4, -0.2) is 29.9 Å². The molecule has 1 aliphatic heterocycles. The number of aromatic nitrogens is 1. The number of rotatable bonds is 5. The van der Waals surface area contributed by atoms with Gasteiger partial charge in [0.25, 0.3) is 11.8 Å². The maximum absolute atomic E-state index is 12.7. The molecule has 0 radical (unpaired) electrons. The molecule has 6 nitrogen and oxygen atoms in total. The highest BCUT2D eigenvalue weighted by atomic mass is 35.5. The zero-order chi connectivity index (χ0) is 23.4. The molecule has 33 heavy (non-hydrogen) atoms. The van der Waals surface area contributed by atoms with Gasteiger partial charge in [0.05, 0.1) is 16.3 Å². The summed E-state index contributed by atoms with van der Waals surface area (Å²) in [6.07, 6.45) is 3.88. The monoisotopic (exact) mass is 482 g/mol. The first-order valence-corrected chi connectivity index (χ1v) is 11.5. The van der Waals surface area contributed by atoms with Crippen molar-refractivity contribution in [2.75, 3.05) is 28.6 Å². The third-order valence-electron chi connectivity index (χ3n) is 5.68. The lowest BCUT2D eigenvalue weighted by molar-refractivity contribution is 0.101. The lowest BCUT2D eigenvalue weighted by atomic mass is 9.99. The Morgan fingerprint density at radius 2 is 1.70 bits per heavy atom. The summed E-state index contributed by atoms with van der Waals surface area (Å²) in [7, 11) is 0. The molecule has 2 amide bonds. The lowest BCUT2D eigenvalue weighted by Gasteiger charge is -2.31. The molecule has 0 saturated carbocycles. The topological polar surface area (TPSA) is 74.3 Å². The van der Waals surface area contributed by atoms with E-state index in [1.165, 1.54) is 0 Å². The van der Waals surface area contributed by atoms with Crippen LogP contribution in [0.25, 0.3) is 0 Å². The van der Waals surface area contributed by atoms with E-state index in [9.17, 15) is 9.59 Å². The molecule has 0 atom stereocenters. The molecule has 2 heterocycles. The van der Waals surface area contributed by atoms with E-state index in [0.29, 0.717) is 32.5 Å². The first kappa shape index (κ1) is 23.1. The van der Waals surface area contributed by atoms with Gasteiger partial charge < -0.3 is 15.5 Å². The third kappa shape index (κ3) is 5.83. The fourth-order valence-electron chi connectivity index (χ4n) is 3.67. The number of carbonyl (C=O) groups is 2. The molecule has 1 aromatic heterocycles. The van der Waals surface area contributed by atoms with Crippen LogP contribution in [-0.2, 0) is 0 Å². The number of pyridine rings is 1. The van der Waals surface area contributed by atoms with Gasteiger partial charge in [-0.25, -0.2) is 4.98 Å². The van der Waals surface area contributed by atoms with Crippen molar-refractivity contribution in [1.82, 2.24) is 4.98 Å². The third-order valence-corrected chi connectivity index (χ3v) is 6.24. The van der Waals surface area contributed by atoms with E-state index in [0.717, 1.165) is 37.7 Å². The van der Waals surface area contributed by atoms with E-state index in [1.807, 2.05) is 6.07 Å². The molecule has 0 spiro atoms. The van der Waals surface area contributed by atoms with Crippen molar-refractivity contribution >= 4 is 52.2 Å². The Kier molecular flexibility index (Phi) is 7.16. The Morgan fingerprint density at radius 3 is 2.39 bits per heavy atom. The Balaban J connectivity index is 1.42. The highest BCUT2D eigenvalue weighted by Gasteiger charge is 2.17. The SMILES string of the molecule is CC1CCN(c2ccc(C(=O)Nc3ccc(Cl)c(NC(=O)c4cccc(Cl)c4)c3)cn2)CC1. The summed E-state index contributed by atoms with van der Waals surface area (Å²) in [4.78, 5) is 32.0. The quantitative estimate of drug-likeness (QED) is 0.458. The van der Waals surface area contributed by atoms with E-state index < -0.39 is 0 Å². The maximum atomic E-state index is 12.7. The van der Waals surface area contributed by atoms with E-state index in [1.54, 1.807) is 54.7 Å². The van der Waals surface area contributed by atoms with Crippen LogP contribution in [0, 0.1) is 5.92 Å². The van der Waals surface area contributed by atoms with Crippen LogP contribution >= 0.6 is 23.2 Å². The summed E-state index contributed by atoms with van der Waals surface area (Å²) in [6, 6.07) is 15.2. The van der Waals surface area contributed by atoms with Crippen LogP contribution in [0.1, 0.15) is 40.5 Å². The van der Waals surface area contributed by atoms with Crippen molar-refractivity contribution < 1.29 is 9.59 Å². The summed E-state index contributed by atoms with van der Waals surface area (Å²) in [5, 5.41) is 6.40. The maximum Gasteiger partial charge on any atom is 0.257 e. The fourth-order valence-corrected chi connectivity index (χ4v) is 4.03. The summed E-state index contributed by atoms with van der Waals surface area (Å²) in [5.74, 6) is 0.979. The van der Waals surface area contributed by atoms with Crippen molar-refractivity contribution in [3.05, 3.63) is 82.0 Å². The zero-order valence-corrected chi connectivity index (χ0v) is 19.7. The summed E-state index contributed by atoms with van der Waals surface area (Å²) < 4.78 is 0. The number of nitrogens with zero attached hydrogens (tertiary/aromatic N) is 2. The first-order valence-electron chi connectivity index (χ1n) is 10.8. The molecule has 1 saturated heterocycles. The van der Waals surface area contributed by atoms with Crippen molar-refractivity contribution in [1.29, 1.82) is 0 Å². The van der Waals surface area contributed by atoms with Crippen LogP contribution in [0.15, 0.2) is 60.8 Å². The first-order chi connectivity index (χ1) is 15.9. The molecule has 4 rings (SSSR count). The number of benzene rings is 2. The molecule has 0 unspecified atom stereocenters. The molecule has 8 heteroatoms. The van der Waals surface area contributed by atoms with Gasteiger partial charge in [0.15, 0.2) is 0 Å². The fraction of sp³-hybridized carbons (Fsp3) is 0.240. The van der Waals surface area contributed by atoms with Crippen molar-refractivity contribution in [3.63, 3.8) is 0 Å². The van der Waals surface area contributed by atoms with E-state index in [-0.39, 0.29) is 11.8 Å². The van der Waals surface area contributed by atoms with Crippen molar-refractivity contribution in [3.8, 4) is 0 Å². The molecule has 2 N–H and O–H groups in total. The zero-order valence-electron chi connectivity index (χ0n) is 18.1. The van der Waals surface area contributed by atoms with E-state index >= 15 is 0 Å². The van der Waals surface area contributed by atoms with Crippen LogP contribution in [0.5, 0.6) is 0 Å². The lowest BCUT2D eigenvalue weighted by Crippen LogP contribution is -2.33. The predicted octanol–water partition coefficient (Wildman–Crippen LogP) is 6.13. The van der Waals surface area contributed by atoms with Gasteiger partial charge in [0.2, 0.25) is 0 Å². The second-order valence-electron chi connectivity index (χ2n) is 8.19. The second kappa shape index (κ2) is 10.2. The van der Waals surface area contributed by atoms with Gasteiger partial charge in [-0.2, -0.15) is 0 Å². The van der Waals surface area contributed by atoms with Gasteiger partial charge >= 0.3 is 0 Å². The summed E-state index contributed by atoms with van der Waals surface area (Å²) in [6.45, 7) is 4.23. The minimum Gasteiger partial charge on any atom is -0.357 e. The smallest absolute Gasteiger partial charge is 0.257 e. The average Bonchev–Trinajstić information content (AvgIpc) is 2.82.